The number of hydrogen-bond acceptors (Lipinski definition) is 3. The highest BCUT2D eigenvalue weighted by atomic mass is 79.9. The van der Waals surface area contributed by atoms with Crippen molar-refractivity contribution in [2.45, 2.75) is 11.5 Å². The molecule has 112 valence electrons. The molecule has 2 aromatic rings. The Morgan fingerprint density at radius 1 is 1.19 bits per heavy atom. The number of benzene rings is 2. The molecule has 21 heavy (non-hydrogen) atoms. The van der Waals surface area contributed by atoms with Gasteiger partial charge in [0, 0.05) is 25.7 Å². The fourth-order valence-electron chi connectivity index (χ4n) is 1.60. The first-order valence-electron chi connectivity index (χ1n) is 5.58. The van der Waals surface area contributed by atoms with Crippen molar-refractivity contribution < 1.29 is 17.5 Å². The van der Waals surface area contributed by atoms with Crippen molar-refractivity contribution in [2.75, 3.05) is 0 Å². The molecule has 0 spiro atoms. The Morgan fingerprint density at radius 3 is 2.57 bits per heavy atom. The molecule has 0 N–H and O–H groups in total. The van der Waals surface area contributed by atoms with Crippen LogP contribution in [0.25, 0.3) is 0 Å². The molecule has 2 aromatic carbocycles. The summed E-state index contributed by atoms with van der Waals surface area (Å²) in [6.07, 6.45) is 0. The van der Waals surface area contributed by atoms with Gasteiger partial charge in [-0.2, -0.15) is 0 Å². The molecule has 8 heteroatoms. The minimum Gasteiger partial charge on any atom is -0.487 e. The van der Waals surface area contributed by atoms with Gasteiger partial charge in [-0.25, -0.2) is 12.8 Å². The van der Waals surface area contributed by atoms with Crippen LogP contribution < -0.4 is 4.74 Å². The lowest BCUT2D eigenvalue weighted by Crippen LogP contribution is -2.02. The predicted octanol–water partition coefficient (Wildman–Crippen LogP) is 4.75. The Balaban J connectivity index is 2.30. The minimum absolute atomic E-state index is 0.0348. The fourth-order valence-corrected chi connectivity index (χ4v) is 3.31. The van der Waals surface area contributed by atoms with Crippen molar-refractivity contribution >= 4 is 47.3 Å². The lowest BCUT2D eigenvalue weighted by Gasteiger charge is -2.11. The summed E-state index contributed by atoms with van der Waals surface area (Å²) in [4.78, 5) is -0.194. The van der Waals surface area contributed by atoms with Gasteiger partial charge in [0.05, 0.1) is 0 Å². The summed E-state index contributed by atoms with van der Waals surface area (Å²) in [6.45, 7) is -0.173. The number of ether oxygens (including phenoxy) is 1. The molecule has 0 aliphatic carbocycles. The third kappa shape index (κ3) is 4.32. The maximum Gasteiger partial charge on any atom is 0.265 e. The van der Waals surface area contributed by atoms with Crippen LogP contribution in [0, 0.1) is 5.82 Å². The summed E-state index contributed by atoms with van der Waals surface area (Å²) >= 11 is 8.93. The Bertz CT molecular complexity index is 781. The molecular formula is C13H8BrCl2FO3S. The highest BCUT2D eigenvalue weighted by Crippen LogP contribution is 2.31. The van der Waals surface area contributed by atoms with Gasteiger partial charge in [0.25, 0.3) is 9.05 Å². The molecule has 0 atom stereocenters. The molecule has 0 amide bonds. The van der Waals surface area contributed by atoms with Gasteiger partial charge in [0.15, 0.2) is 0 Å². The van der Waals surface area contributed by atoms with Crippen molar-refractivity contribution in [3.63, 3.8) is 0 Å². The summed E-state index contributed by atoms with van der Waals surface area (Å²) < 4.78 is 42.5. The molecular weight excluding hydrogens is 406 g/mol. The monoisotopic (exact) mass is 412 g/mol. The zero-order chi connectivity index (χ0) is 15.6. The number of hydrogen-bond donors (Lipinski definition) is 0. The van der Waals surface area contributed by atoms with Gasteiger partial charge in [0.1, 0.15) is 23.1 Å². The first-order valence-corrected chi connectivity index (χ1v) is 9.06. The fraction of sp³-hybridized carbons (Fsp3) is 0.0769. The molecule has 0 radical (unpaired) electrons. The zero-order valence-electron chi connectivity index (χ0n) is 10.3. The minimum atomic E-state index is -3.98. The molecule has 0 bridgehead atoms. The summed E-state index contributed by atoms with van der Waals surface area (Å²) in [6, 6.07) is 8.37. The third-order valence-corrected chi connectivity index (χ3v) is 4.63. The second kappa shape index (κ2) is 6.52. The van der Waals surface area contributed by atoms with Crippen LogP contribution in [0.2, 0.25) is 5.02 Å². The second-order valence-corrected chi connectivity index (χ2v) is 7.94. The molecule has 0 aliphatic heterocycles. The van der Waals surface area contributed by atoms with E-state index in [9.17, 15) is 12.8 Å². The standard InChI is InChI=1S/C13H8BrCl2FO3S/c14-9-1-4-12(13(6-9)21(16,18)19)20-7-8-5-10(15)2-3-11(8)17/h1-6H,7H2. The molecule has 0 aliphatic rings. The highest BCUT2D eigenvalue weighted by molar-refractivity contribution is 9.10. The van der Waals surface area contributed by atoms with E-state index in [-0.39, 0.29) is 22.8 Å². The molecule has 3 nitrogen and oxygen atoms in total. The van der Waals surface area contributed by atoms with Crippen molar-refractivity contribution in [1.82, 2.24) is 0 Å². The van der Waals surface area contributed by atoms with Gasteiger partial charge in [-0.05, 0) is 36.4 Å². The zero-order valence-corrected chi connectivity index (χ0v) is 14.2. The normalized spacial score (nSPS) is 11.4. The van der Waals surface area contributed by atoms with E-state index in [0.717, 1.165) is 0 Å². The van der Waals surface area contributed by atoms with Crippen LogP contribution in [0.3, 0.4) is 0 Å². The first kappa shape index (κ1) is 16.5. The van der Waals surface area contributed by atoms with Crippen LogP contribution in [0.4, 0.5) is 4.39 Å². The second-order valence-electron chi connectivity index (χ2n) is 4.05. The highest BCUT2D eigenvalue weighted by Gasteiger charge is 2.18. The van der Waals surface area contributed by atoms with Crippen molar-refractivity contribution in [3.8, 4) is 5.75 Å². The van der Waals surface area contributed by atoms with Gasteiger partial charge >= 0.3 is 0 Å². The van der Waals surface area contributed by atoms with Crippen LogP contribution in [-0.2, 0) is 15.7 Å². The SMILES string of the molecule is O=S(=O)(Cl)c1cc(Br)ccc1OCc1cc(Cl)ccc1F. The maximum atomic E-state index is 13.6. The number of halogens is 4. The van der Waals surface area contributed by atoms with E-state index in [0.29, 0.717) is 9.50 Å². The van der Waals surface area contributed by atoms with E-state index < -0.39 is 14.9 Å². The average Bonchev–Trinajstić information content (AvgIpc) is 2.40. The smallest absolute Gasteiger partial charge is 0.265 e. The molecule has 2 rings (SSSR count). The van der Waals surface area contributed by atoms with E-state index in [1.54, 1.807) is 6.07 Å². The predicted molar refractivity (Wildman–Crippen MR) is 82.9 cm³/mol. The van der Waals surface area contributed by atoms with Gasteiger partial charge in [0.2, 0.25) is 0 Å². The van der Waals surface area contributed by atoms with E-state index in [4.69, 9.17) is 27.0 Å². The van der Waals surface area contributed by atoms with Gasteiger partial charge < -0.3 is 4.74 Å². The Labute approximate surface area is 139 Å². The molecule has 0 heterocycles. The quantitative estimate of drug-likeness (QED) is 0.679. The molecule has 0 fully saturated rings. The Morgan fingerprint density at radius 2 is 1.90 bits per heavy atom. The van der Waals surface area contributed by atoms with Crippen LogP contribution in [0.15, 0.2) is 45.8 Å². The van der Waals surface area contributed by atoms with Crippen LogP contribution in [0.5, 0.6) is 5.75 Å². The van der Waals surface area contributed by atoms with E-state index in [1.165, 1.54) is 30.3 Å². The van der Waals surface area contributed by atoms with Gasteiger partial charge in [-0.15, -0.1) is 0 Å². The lowest BCUT2D eigenvalue weighted by molar-refractivity contribution is 0.292. The Kier molecular flexibility index (Phi) is 5.14. The van der Waals surface area contributed by atoms with Crippen LogP contribution in [0.1, 0.15) is 5.56 Å². The topological polar surface area (TPSA) is 43.4 Å². The van der Waals surface area contributed by atoms with Crippen molar-refractivity contribution in [1.29, 1.82) is 0 Å². The lowest BCUT2D eigenvalue weighted by atomic mass is 10.2. The van der Waals surface area contributed by atoms with Crippen molar-refractivity contribution in [3.05, 3.63) is 57.3 Å². The Hall–Kier alpha value is -0.820. The van der Waals surface area contributed by atoms with Crippen LogP contribution >= 0.6 is 38.2 Å². The summed E-state index contributed by atoms with van der Waals surface area (Å²) in [5.41, 5.74) is 0.211. The van der Waals surface area contributed by atoms with E-state index in [1.807, 2.05) is 0 Å². The molecule has 0 aromatic heterocycles. The average molecular weight is 414 g/mol. The molecule has 0 unspecified atom stereocenters. The van der Waals surface area contributed by atoms with Crippen molar-refractivity contribution in [2.24, 2.45) is 0 Å². The largest absolute Gasteiger partial charge is 0.487 e. The van der Waals surface area contributed by atoms with E-state index in [2.05, 4.69) is 15.9 Å². The summed E-state index contributed by atoms with van der Waals surface area (Å²) in [7, 11) is 1.37. The van der Waals surface area contributed by atoms with Crippen LogP contribution in [-0.4, -0.2) is 8.42 Å². The summed E-state index contributed by atoms with van der Waals surface area (Å²) in [5, 5.41) is 0.357. The first-order chi connectivity index (χ1) is 9.77. The van der Waals surface area contributed by atoms with Gasteiger partial charge in [-0.1, -0.05) is 27.5 Å². The third-order valence-electron chi connectivity index (χ3n) is 2.56. The summed E-state index contributed by atoms with van der Waals surface area (Å²) in [5.74, 6) is -0.459. The molecule has 0 saturated carbocycles. The van der Waals surface area contributed by atoms with E-state index >= 15 is 0 Å². The number of rotatable bonds is 4. The maximum absolute atomic E-state index is 13.6. The molecule has 0 saturated heterocycles. The van der Waals surface area contributed by atoms with Gasteiger partial charge in [-0.3, -0.25) is 0 Å².